The molecule has 0 aliphatic heterocycles. The average Bonchev–Trinajstić information content (AvgIpc) is 2.05. The van der Waals surface area contributed by atoms with Gasteiger partial charge in [0.2, 0.25) is 0 Å². The van der Waals surface area contributed by atoms with E-state index in [1.54, 1.807) is 19.1 Å². The second-order valence-corrected chi connectivity index (χ2v) is 5.18. The van der Waals surface area contributed by atoms with Gasteiger partial charge < -0.3 is 0 Å². The molecular formula is C9H13NOS. The van der Waals surface area contributed by atoms with Crippen molar-refractivity contribution in [1.82, 2.24) is 0 Å². The van der Waals surface area contributed by atoms with Gasteiger partial charge in [-0.3, -0.25) is 0 Å². The van der Waals surface area contributed by atoms with E-state index in [4.69, 9.17) is 4.78 Å². The molecule has 1 aromatic rings. The van der Waals surface area contributed by atoms with Crippen LogP contribution in [0.3, 0.4) is 0 Å². The lowest BCUT2D eigenvalue weighted by Crippen LogP contribution is -2.00. The fourth-order valence-electron chi connectivity index (χ4n) is 0.925. The Kier molecular flexibility index (Phi) is 2.52. The smallest absolute Gasteiger partial charge is 0.0723 e. The molecule has 0 bridgehead atoms. The van der Waals surface area contributed by atoms with Crippen LogP contribution < -0.4 is 0 Å². The molecule has 12 heavy (non-hydrogen) atoms. The number of benzene rings is 1. The monoisotopic (exact) mass is 183 g/mol. The average molecular weight is 183 g/mol. The maximum absolute atomic E-state index is 11.5. The lowest BCUT2D eigenvalue weighted by Gasteiger charge is -2.03. The summed E-state index contributed by atoms with van der Waals surface area (Å²) in [7, 11) is -2.51. The topological polar surface area (TPSA) is 40.9 Å². The van der Waals surface area contributed by atoms with Crippen LogP contribution in [0.4, 0.5) is 0 Å². The summed E-state index contributed by atoms with van der Waals surface area (Å²) in [5, 5.41) is 0. The predicted octanol–water partition coefficient (Wildman–Crippen LogP) is 2.42. The summed E-state index contributed by atoms with van der Waals surface area (Å²) in [4.78, 5) is 0.635. The number of nitrogens with one attached hydrogen (secondary N) is 1. The van der Waals surface area contributed by atoms with Gasteiger partial charge in [-0.25, -0.2) is 8.99 Å². The molecule has 1 atom stereocenters. The highest BCUT2D eigenvalue weighted by molar-refractivity contribution is 7.92. The largest absolute Gasteiger partial charge is 0.249 e. The number of rotatable bonds is 2. The Labute approximate surface area is 73.6 Å². The molecule has 66 valence electrons. The molecule has 0 unspecified atom stereocenters. The quantitative estimate of drug-likeness (QED) is 0.751. The molecule has 1 rings (SSSR count). The highest BCUT2D eigenvalue weighted by Crippen LogP contribution is 2.12. The zero-order valence-corrected chi connectivity index (χ0v) is 8.15. The fourth-order valence-corrected chi connectivity index (χ4v) is 1.83. The van der Waals surface area contributed by atoms with Gasteiger partial charge in [0.15, 0.2) is 0 Å². The first kappa shape index (κ1) is 9.26. The van der Waals surface area contributed by atoms with E-state index in [0.717, 1.165) is 5.56 Å². The van der Waals surface area contributed by atoms with E-state index in [0.29, 0.717) is 10.6 Å². The van der Waals surface area contributed by atoms with Crippen LogP contribution in [0, 0.1) is 11.7 Å². The number of hydrogen-bond donors (Lipinski definition) is 1. The minimum atomic E-state index is -2.51. The van der Waals surface area contributed by atoms with Crippen LogP contribution in [0.2, 0.25) is 0 Å². The first-order chi connectivity index (χ1) is 5.56. The van der Waals surface area contributed by atoms with Gasteiger partial charge >= 0.3 is 0 Å². The summed E-state index contributed by atoms with van der Waals surface area (Å²) >= 11 is 0. The van der Waals surface area contributed by atoms with Gasteiger partial charge in [0.05, 0.1) is 9.73 Å². The summed E-state index contributed by atoms with van der Waals surface area (Å²) in [6, 6.07) is 7.32. The molecule has 0 fully saturated rings. The second kappa shape index (κ2) is 3.27. The van der Waals surface area contributed by atoms with E-state index >= 15 is 0 Å². The van der Waals surface area contributed by atoms with E-state index < -0.39 is 9.73 Å². The summed E-state index contributed by atoms with van der Waals surface area (Å²) in [6.45, 7) is 3.75. The van der Waals surface area contributed by atoms with Gasteiger partial charge in [-0.2, -0.15) is 0 Å². The number of hydrogen-bond acceptors (Lipinski definition) is 2. The van der Waals surface area contributed by atoms with Gasteiger partial charge in [0, 0.05) is 10.6 Å². The Bertz CT molecular complexity index is 351. The van der Waals surface area contributed by atoms with Crippen molar-refractivity contribution in [2.24, 2.45) is 0 Å². The van der Waals surface area contributed by atoms with Crippen molar-refractivity contribution in [2.75, 3.05) is 5.75 Å². The Morgan fingerprint density at radius 2 is 1.83 bits per heavy atom. The van der Waals surface area contributed by atoms with Gasteiger partial charge in [-0.1, -0.05) is 24.6 Å². The molecule has 0 saturated heterocycles. The van der Waals surface area contributed by atoms with Gasteiger partial charge in [0.25, 0.3) is 0 Å². The molecule has 2 nitrogen and oxygen atoms in total. The molecule has 1 N–H and O–H groups in total. The van der Waals surface area contributed by atoms with Crippen LogP contribution in [0.1, 0.15) is 12.5 Å². The van der Waals surface area contributed by atoms with Crippen molar-refractivity contribution in [2.45, 2.75) is 18.7 Å². The molecule has 3 heteroatoms. The van der Waals surface area contributed by atoms with E-state index in [1.165, 1.54) is 0 Å². The second-order valence-electron chi connectivity index (χ2n) is 2.78. The molecule has 0 aliphatic rings. The highest BCUT2D eigenvalue weighted by Gasteiger charge is 2.05. The molecule has 0 saturated carbocycles. The molecular weight excluding hydrogens is 170 g/mol. The standard InChI is InChI=1S/C9H13NOS/c1-3-12(10,11)9-6-4-8(2)5-7-9/h4-7,10H,3H2,1-2H3/t12-/m1/s1. The summed E-state index contributed by atoms with van der Waals surface area (Å²) < 4.78 is 19.0. The maximum atomic E-state index is 11.5. The van der Waals surface area contributed by atoms with Crippen LogP contribution in [0.25, 0.3) is 0 Å². The molecule has 1 aromatic carbocycles. The third kappa shape index (κ3) is 1.85. The summed E-state index contributed by atoms with van der Waals surface area (Å²) in [6.07, 6.45) is 0. The van der Waals surface area contributed by atoms with Crippen molar-refractivity contribution < 1.29 is 4.21 Å². The van der Waals surface area contributed by atoms with Gasteiger partial charge in [-0.15, -0.1) is 0 Å². The zero-order valence-electron chi connectivity index (χ0n) is 7.33. The van der Waals surface area contributed by atoms with E-state index in [1.807, 2.05) is 19.1 Å². The lowest BCUT2D eigenvalue weighted by molar-refractivity contribution is 0.675. The predicted molar refractivity (Wildman–Crippen MR) is 50.8 cm³/mol. The third-order valence-electron chi connectivity index (χ3n) is 1.81. The van der Waals surface area contributed by atoms with Crippen molar-refractivity contribution in [3.63, 3.8) is 0 Å². The number of aryl methyl sites for hydroxylation is 1. The summed E-state index contributed by atoms with van der Waals surface area (Å²) in [5.74, 6) is 0.385. The van der Waals surface area contributed by atoms with E-state index in [9.17, 15) is 4.21 Å². The first-order valence-electron chi connectivity index (χ1n) is 3.89. The molecule has 0 aliphatic carbocycles. The van der Waals surface area contributed by atoms with Crippen LogP contribution in [-0.4, -0.2) is 9.96 Å². The molecule has 0 aromatic heterocycles. The Morgan fingerprint density at radius 1 is 1.33 bits per heavy atom. The lowest BCUT2D eigenvalue weighted by atomic mass is 10.2. The van der Waals surface area contributed by atoms with Crippen LogP contribution in [-0.2, 0) is 9.73 Å². The molecule has 0 radical (unpaired) electrons. The Balaban J connectivity index is 3.14. The Hall–Kier alpha value is -0.830. The van der Waals surface area contributed by atoms with Crippen LogP contribution in [0.5, 0.6) is 0 Å². The molecule has 0 spiro atoms. The minimum Gasteiger partial charge on any atom is -0.249 e. The van der Waals surface area contributed by atoms with Crippen molar-refractivity contribution >= 4 is 9.73 Å². The summed E-state index contributed by atoms with van der Waals surface area (Å²) in [5.41, 5.74) is 1.13. The zero-order chi connectivity index (χ0) is 9.19. The van der Waals surface area contributed by atoms with Gasteiger partial charge in [-0.05, 0) is 19.1 Å². The molecule has 0 heterocycles. The first-order valence-corrected chi connectivity index (χ1v) is 5.62. The van der Waals surface area contributed by atoms with Crippen LogP contribution in [0.15, 0.2) is 29.2 Å². The Morgan fingerprint density at radius 3 is 2.25 bits per heavy atom. The normalized spacial score (nSPS) is 15.5. The fraction of sp³-hybridized carbons (Fsp3) is 0.333. The van der Waals surface area contributed by atoms with Crippen molar-refractivity contribution in [3.05, 3.63) is 29.8 Å². The minimum absolute atomic E-state index is 0.385. The van der Waals surface area contributed by atoms with Gasteiger partial charge in [0.1, 0.15) is 0 Å². The maximum Gasteiger partial charge on any atom is 0.0723 e. The van der Waals surface area contributed by atoms with Crippen LogP contribution >= 0.6 is 0 Å². The van der Waals surface area contributed by atoms with Crippen molar-refractivity contribution in [1.29, 1.82) is 4.78 Å². The third-order valence-corrected chi connectivity index (χ3v) is 3.65. The van der Waals surface area contributed by atoms with E-state index in [-0.39, 0.29) is 0 Å². The SMILES string of the molecule is CC[S@@](=N)(=O)c1ccc(C)cc1. The van der Waals surface area contributed by atoms with E-state index in [2.05, 4.69) is 0 Å². The van der Waals surface area contributed by atoms with Crippen molar-refractivity contribution in [3.8, 4) is 0 Å². The highest BCUT2D eigenvalue weighted by atomic mass is 32.2. The molecule has 0 amide bonds.